The highest BCUT2D eigenvalue weighted by atomic mass is 19.4. The first-order valence-electron chi connectivity index (χ1n) is 18.4. The van der Waals surface area contributed by atoms with Crippen molar-refractivity contribution in [3.63, 3.8) is 0 Å². The van der Waals surface area contributed by atoms with Crippen molar-refractivity contribution in [2.24, 2.45) is 0 Å². The molecule has 0 bridgehead atoms. The molecule has 0 fully saturated rings. The molecule has 0 radical (unpaired) electrons. The maximum atomic E-state index is 14.5. The normalized spacial score (nSPS) is 11.8. The average molecular weight is 737 g/mol. The Labute approximate surface area is 322 Å². The number of benzene rings is 7. The van der Waals surface area contributed by atoms with Gasteiger partial charge in [0, 0.05) is 38.6 Å². The zero-order chi connectivity index (χ0) is 38.6. The van der Waals surface area contributed by atoms with E-state index in [0.717, 1.165) is 72.5 Å². The number of aryl methyl sites for hydroxylation is 3. The zero-order valence-corrected chi connectivity index (χ0v) is 30.9. The monoisotopic (exact) mass is 736 g/mol. The molecule has 0 atom stereocenters. The van der Waals surface area contributed by atoms with E-state index >= 15 is 0 Å². The van der Waals surface area contributed by atoms with Gasteiger partial charge in [0.05, 0.1) is 22.3 Å². The molecule has 0 N–H and O–H groups in total. The number of halogens is 3. The van der Waals surface area contributed by atoms with Gasteiger partial charge < -0.3 is 4.57 Å². The molecule has 2 aromatic heterocycles. The molecule has 0 amide bonds. The summed E-state index contributed by atoms with van der Waals surface area (Å²) in [5, 5.41) is 2.13. The van der Waals surface area contributed by atoms with Crippen LogP contribution in [0.25, 0.3) is 83.9 Å². The van der Waals surface area contributed by atoms with Gasteiger partial charge in [0.1, 0.15) is 0 Å². The Morgan fingerprint density at radius 2 is 0.857 bits per heavy atom. The first-order valence-corrected chi connectivity index (χ1v) is 18.4. The second-order valence-corrected chi connectivity index (χ2v) is 14.3. The lowest BCUT2D eigenvalue weighted by Crippen LogP contribution is -2.06. The maximum Gasteiger partial charge on any atom is 0.416 e. The summed E-state index contributed by atoms with van der Waals surface area (Å²) in [6.07, 6.45) is -4.54. The van der Waals surface area contributed by atoms with Crippen molar-refractivity contribution in [1.82, 2.24) is 19.5 Å². The fourth-order valence-electron chi connectivity index (χ4n) is 7.55. The second-order valence-electron chi connectivity index (χ2n) is 14.3. The zero-order valence-electron chi connectivity index (χ0n) is 30.9. The van der Waals surface area contributed by atoms with Crippen LogP contribution in [-0.2, 0) is 6.18 Å². The summed E-state index contributed by atoms with van der Waals surface area (Å²) in [7, 11) is 0. The minimum atomic E-state index is -4.54. The predicted molar refractivity (Wildman–Crippen MR) is 221 cm³/mol. The maximum absolute atomic E-state index is 14.5. The Morgan fingerprint density at radius 1 is 0.411 bits per heavy atom. The second kappa shape index (κ2) is 13.8. The molecule has 9 rings (SSSR count). The third kappa shape index (κ3) is 6.41. The van der Waals surface area contributed by atoms with Gasteiger partial charge >= 0.3 is 6.18 Å². The summed E-state index contributed by atoms with van der Waals surface area (Å²) < 4.78 is 45.6. The van der Waals surface area contributed by atoms with E-state index in [0.29, 0.717) is 34.2 Å². The van der Waals surface area contributed by atoms with Crippen LogP contribution in [0.4, 0.5) is 13.2 Å². The van der Waals surface area contributed by atoms with Crippen molar-refractivity contribution in [2.45, 2.75) is 26.9 Å². The predicted octanol–water partition coefficient (Wildman–Crippen LogP) is 13.2. The summed E-state index contributed by atoms with van der Waals surface area (Å²) in [6, 6.07) is 50.0. The number of rotatable bonds is 6. The van der Waals surface area contributed by atoms with Crippen LogP contribution >= 0.6 is 0 Å². The van der Waals surface area contributed by atoms with Crippen molar-refractivity contribution in [3.8, 4) is 62.1 Å². The molecule has 56 heavy (non-hydrogen) atoms. The molecule has 7 aromatic carbocycles. The number of fused-ring (bicyclic) bond motifs is 3. The van der Waals surface area contributed by atoms with E-state index in [-0.39, 0.29) is 0 Å². The molecular formula is C49H35F3N4. The molecule has 0 saturated heterocycles. The lowest BCUT2D eigenvalue weighted by Gasteiger charge is -2.22. The minimum absolute atomic E-state index is 0.403. The van der Waals surface area contributed by atoms with Gasteiger partial charge in [-0.05, 0) is 80.4 Å². The highest BCUT2D eigenvalue weighted by Gasteiger charge is 2.31. The quantitative estimate of drug-likeness (QED) is 0.171. The van der Waals surface area contributed by atoms with E-state index in [9.17, 15) is 13.2 Å². The Kier molecular flexibility index (Phi) is 8.58. The van der Waals surface area contributed by atoms with Gasteiger partial charge in [-0.15, -0.1) is 0 Å². The van der Waals surface area contributed by atoms with Crippen LogP contribution in [0.1, 0.15) is 22.3 Å². The number of nitrogens with zero attached hydrogens (tertiary/aromatic N) is 4. The van der Waals surface area contributed by atoms with Crippen LogP contribution in [0, 0.1) is 20.8 Å². The number of hydrogen-bond donors (Lipinski definition) is 0. The van der Waals surface area contributed by atoms with E-state index in [2.05, 4.69) is 66.9 Å². The van der Waals surface area contributed by atoms with Gasteiger partial charge in [-0.3, -0.25) is 0 Å². The number of hydrogen-bond acceptors (Lipinski definition) is 3. The van der Waals surface area contributed by atoms with Crippen LogP contribution < -0.4 is 0 Å². The molecule has 9 aromatic rings. The molecule has 0 unspecified atom stereocenters. The number of alkyl halides is 3. The molecule has 2 heterocycles. The van der Waals surface area contributed by atoms with E-state index < -0.39 is 11.7 Å². The summed E-state index contributed by atoms with van der Waals surface area (Å²) in [5.41, 5.74) is 10.2. The average Bonchev–Trinajstić information content (AvgIpc) is 3.52. The van der Waals surface area contributed by atoms with Gasteiger partial charge in [0.2, 0.25) is 0 Å². The van der Waals surface area contributed by atoms with E-state index in [1.165, 1.54) is 12.1 Å². The van der Waals surface area contributed by atoms with Crippen LogP contribution in [0.3, 0.4) is 0 Å². The highest BCUT2D eigenvalue weighted by Crippen LogP contribution is 2.45. The minimum Gasteiger partial charge on any atom is -0.308 e. The standard InChI is InChI=1S/C49H35F3N4/c1-30-12-10-17-35(24-30)39-28-37(48-54-46(33-13-6-4-7-14-33)53-47(55-48)34-15-8-5-9-16-34)29-40(36-18-11-19-38(27-36)49(50,51)52)45(39)56-43-22-20-31(2)25-41(43)42-26-32(3)21-23-44(42)56/h4-29H,1-3H3. The Morgan fingerprint density at radius 3 is 1.36 bits per heavy atom. The van der Waals surface area contributed by atoms with Gasteiger partial charge in [0.15, 0.2) is 17.5 Å². The Bertz CT molecular complexity index is 2810. The Balaban J connectivity index is 1.44. The van der Waals surface area contributed by atoms with E-state index in [1.54, 1.807) is 6.07 Å². The first kappa shape index (κ1) is 34.9. The van der Waals surface area contributed by atoms with Crippen molar-refractivity contribution in [3.05, 3.63) is 180 Å². The molecule has 0 saturated carbocycles. The molecule has 0 aliphatic carbocycles. The first-order chi connectivity index (χ1) is 27.1. The van der Waals surface area contributed by atoms with Gasteiger partial charge in [0.25, 0.3) is 0 Å². The third-order valence-corrected chi connectivity index (χ3v) is 10.2. The molecule has 4 nitrogen and oxygen atoms in total. The summed E-state index contributed by atoms with van der Waals surface area (Å²) in [4.78, 5) is 15.0. The van der Waals surface area contributed by atoms with Gasteiger partial charge in [-0.1, -0.05) is 126 Å². The fourth-order valence-corrected chi connectivity index (χ4v) is 7.55. The molecular weight excluding hydrogens is 702 g/mol. The van der Waals surface area contributed by atoms with E-state index in [1.807, 2.05) is 91.9 Å². The van der Waals surface area contributed by atoms with Crippen molar-refractivity contribution in [1.29, 1.82) is 0 Å². The molecule has 272 valence electrons. The van der Waals surface area contributed by atoms with Crippen molar-refractivity contribution in [2.75, 3.05) is 0 Å². The van der Waals surface area contributed by atoms with Gasteiger partial charge in [-0.25, -0.2) is 15.0 Å². The highest BCUT2D eigenvalue weighted by molar-refractivity contribution is 6.11. The lowest BCUT2D eigenvalue weighted by atomic mass is 9.91. The van der Waals surface area contributed by atoms with Crippen LogP contribution in [0.5, 0.6) is 0 Å². The Hall–Kier alpha value is -6.86. The van der Waals surface area contributed by atoms with Crippen LogP contribution in [0.2, 0.25) is 0 Å². The topological polar surface area (TPSA) is 43.6 Å². The van der Waals surface area contributed by atoms with E-state index in [4.69, 9.17) is 15.0 Å². The number of aromatic nitrogens is 4. The van der Waals surface area contributed by atoms with Crippen molar-refractivity contribution >= 4 is 21.8 Å². The van der Waals surface area contributed by atoms with Crippen LogP contribution in [-0.4, -0.2) is 19.5 Å². The SMILES string of the molecule is Cc1cccc(-c2cc(-c3nc(-c4ccccc4)nc(-c4ccccc4)n3)cc(-c3cccc(C(F)(F)F)c3)c2-n2c3ccc(C)cc3c3cc(C)ccc32)c1. The smallest absolute Gasteiger partial charge is 0.308 e. The fraction of sp³-hybridized carbons (Fsp3) is 0.0816. The third-order valence-electron chi connectivity index (χ3n) is 10.2. The molecule has 0 aliphatic heterocycles. The lowest BCUT2D eigenvalue weighted by molar-refractivity contribution is -0.137. The van der Waals surface area contributed by atoms with Crippen molar-refractivity contribution < 1.29 is 13.2 Å². The van der Waals surface area contributed by atoms with Crippen LogP contribution in [0.15, 0.2) is 158 Å². The molecule has 7 heteroatoms. The molecule has 0 spiro atoms. The van der Waals surface area contributed by atoms with Gasteiger partial charge in [-0.2, -0.15) is 13.2 Å². The molecule has 0 aliphatic rings. The summed E-state index contributed by atoms with van der Waals surface area (Å²) in [6.45, 7) is 6.18. The largest absolute Gasteiger partial charge is 0.416 e. The summed E-state index contributed by atoms with van der Waals surface area (Å²) in [5.74, 6) is 1.38. The summed E-state index contributed by atoms with van der Waals surface area (Å²) >= 11 is 0.